The molecule has 0 aliphatic carbocycles. The van der Waals surface area contributed by atoms with Gasteiger partial charge < -0.3 is 5.32 Å². The third kappa shape index (κ3) is 3.94. The highest BCUT2D eigenvalue weighted by molar-refractivity contribution is 5.98. The molecule has 1 aromatic carbocycles. The zero-order chi connectivity index (χ0) is 16.1. The van der Waals surface area contributed by atoms with Crippen LogP contribution in [0.2, 0.25) is 0 Å². The minimum Gasteiger partial charge on any atom is -0.349 e. The van der Waals surface area contributed by atoms with Crippen LogP contribution in [0.3, 0.4) is 0 Å². The van der Waals surface area contributed by atoms with Gasteiger partial charge in [0, 0.05) is 24.2 Å². The number of carbonyl (C=O) groups excluding carboxylic acids is 2. The van der Waals surface area contributed by atoms with Crippen molar-refractivity contribution in [3.63, 3.8) is 0 Å². The maximum atomic E-state index is 13.4. The maximum Gasteiger partial charge on any atom is 0.254 e. The first-order valence-electron chi connectivity index (χ1n) is 6.66. The molecule has 1 unspecified atom stereocenters. The van der Waals surface area contributed by atoms with Crippen LogP contribution < -0.4 is 5.32 Å². The van der Waals surface area contributed by atoms with Crippen molar-refractivity contribution in [1.82, 2.24) is 10.3 Å². The number of nitrogens with zero attached hydrogens (tertiary/aromatic N) is 1. The Morgan fingerprint density at radius 2 is 1.86 bits per heavy atom. The molecule has 2 rings (SSSR count). The number of halogens is 2. The van der Waals surface area contributed by atoms with Crippen molar-refractivity contribution < 1.29 is 18.4 Å². The Morgan fingerprint density at radius 3 is 2.50 bits per heavy atom. The lowest BCUT2D eigenvalue weighted by Crippen LogP contribution is -2.34. The molecule has 0 radical (unpaired) electrons. The van der Waals surface area contributed by atoms with E-state index >= 15 is 0 Å². The number of pyridine rings is 1. The second kappa shape index (κ2) is 6.89. The Bertz CT molecular complexity index is 687. The summed E-state index contributed by atoms with van der Waals surface area (Å²) < 4.78 is 26.2. The smallest absolute Gasteiger partial charge is 0.254 e. The van der Waals surface area contributed by atoms with Crippen molar-refractivity contribution in [3.8, 4) is 0 Å². The summed E-state index contributed by atoms with van der Waals surface area (Å²) >= 11 is 0. The van der Waals surface area contributed by atoms with E-state index in [1.807, 2.05) is 0 Å². The van der Waals surface area contributed by atoms with Crippen LogP contribution >= 0.6 is 0 Å². The molecule has 1 heterocycles. The van der Waals surface area contributed by atoms with Gasteiger partial charge in [0.1, 0.15) is 5.82 Å². The normalized spacial score (nSPS) is 11.8. The second-order valence-electron chi connectivity index (χ2n) is 4.86. The molecule has 6 heteroatoms. The molecule has 0 saturated heterocycles. The number of hydrogen-bond donors (Lipinski definition) is 1. The van der Waals surface area contributed by atoms with E-state index in [4.69, 9.17) is 0 Å². The van der Waals surface area contributed by atoms with Gasteiger partial charge in [0.05, 0.1) is 11.8 Å². The summed E-state index contributed by atoms with van der Waals surface area (Å²) in [5.41, 5.74) is 0.230. The highest BCUT2D eigenvalue weighted by Gasteiger charge is 2.17. The Hall–Kier alpha value is -2.63. The first-order valence-corrected chi connectivity index (χ1v) is 6.66. The van der Waals surface area contributed by atoms with Crippen LogP contribution in [0, 0.1) is 11.6 Å². The van der Waals surface area contributed by atoms with Crippen molar-refractivity contribution in [2.24, 2.45) is 0 Å². The molecule has 4 nitrogen and oxygen atoms in total. The van der Waals surface area contributed by atoms with E-state index in [2.05, 4.69) is 10.3 Å². The number of hydrogen-bond acceptors (Lipinski definition) is 3. The van der Waals surface area contributed by atoms with E-state index < -0.39 is 23.6 Å². The van der Waals surface area contributed by atoms with Crippen molar-refractivity contribution >= 4 is 11.7 Å². The fourth-order valence-corrected chi connectivity index (χ4v) is 1.94. The third-order valence-corrected chi connectivity index (χ3v) is 3.05. The van der Waals surface area contributed by atoms with E-state index in [0.29, 0.717) is 5.56 Å². The van der Waals surface area contributed by atoms with Gasteiger partial charge in [-0.25, -0.2) is 8.78 Å². The third-order valence-electron chi connectivity index (χ3n) is 3.05. The van der Waals surface area contributed by atoms with Crippen molar-refractivity contribution in [1.29, 1.82) is 0 Å². The zero-order valence-corrected chi connectivity index (χ0v) is 11.8. The van der Waals surface area contributed by atoms with Gasteiger partial charge in [-0.05, 0) is 37.3 Å². The minimum absolute atomic E-state index is 0.0318. The summed E-state index contributed by atoms with van der Waals surface area (Å²) in [7, 11) is 0. The molecule has 0 fully saturated rings. The Labute approximate surface area is 126 Å². The lowest BCUT2D eigenvalue weighted by atomic mass is 10.0. The summed E-state index contributed by atoms with van der Waals surface area (Å²) in [6.07, 6.45) is 2.29. The monoisotopic (exact) mass is 304 g/mol. The molecular formula is C16H14F2N2O2. The molecule has 1 atom stereocenters. The van der Waals surface area contributed by atoms with E-state index in [1.54, 1.807) is 6.92 Å². The lowest BCUT2D eigenvalue weighted by molar-refractivity contribution is 0.0915. The summed E-state index contributed by atoms with van der Waals surface area (Å²) in [5, 5.41) is 2.55. The number of Topliss-reactive ketones (excluding diaryl/α,β-unsaturated/α-hetero) is 1. The second-order valence-corrected chi connectivity index (χ2v) is 4.86. The SMILES string of the molecule is CC(CC(=O)c1ccc(F)cc1)NC(=O)c1ccncc1F. The maximum absolute atomic E-state index is 13.4. The van der Waals surface area contributed by atoms with Gasteiger partial charge in [0.25, 0.3) is 5.91 Å². The van der Waals surface area contributed by atoms with E-state index in [-0.39, 0.29) is 17.8 Å². The Morgan fingerprint density at radius 1 is 1.18 bits per heavy atom. The molecule has 0 bridgehead atoms. The minimum atomic E-state index is -0.725. The number of benzene rings is 1. The van der Waals surface area contributed by atoms with Crippen LogP contribution in [0.15, 0.2) is 42.7 Å². The molecular weight excluding hydrogens is 290 g/mol. The van der Waals surface area contributed by atoms with Gasteiger partial charge in [-0.1, -0.05) is 0 Å². The van der Waals surface area contributed by atoms with Crippen LogP contribution in [0.4, 0.5) is 8.78 Å². The highest BCUT2D eigenvalue weighted by atomic mass is 19.1. The zero-order valence-electron chi connectivity index (χ0n) is 11.8. The number of ketones is 1. The average Bonchev–Trinajstić information content (AvgIpc) is 2.48. The number of amides is 1. The van der Waals surface area contributed by atoms with Crippen molar-refractivity contribution in [2.75, 3.05) is 0 Å². The van der Waals surface area contributed by atoms with E-state index in [0.717, 1.165) is 6.20 Å². The molecule has 0 saturated carbocycles. The summed E-state index contributed by atoms with van der Waals surface area (Å²) in [6.45, 7) is 1.64. The quantitative estimate of drug-likeness (QED) is 0.864. The average molecular weight is 304 g/mol. The predicted octanol–water partition coefficient (Wildman–Crippen LogP) is 2.75. The summed E-state index contributed by atoms with van der Waals surface area (Å²) in [5.74, 6) is -1.99. The molecule has 2 aromatic rings. The highest BCUT2D eigenvalue weighted by Crippen LogP contribution is 2.09. The fraction of sp³-hybridized carbons (Fsp3) is 0.188. The first-order chi connectivity index (χ1) is 10.5. The topological polar surface area (TPSA) is 59.1 Å². The van der Waals surface area contributed by atoms with E-state index in [1.165, 1.54) is 36.5 Å². The first kappa shape index (κ1) is 15.8. The van der Waals surface area contributed by atoms with Gasteiger partial charge in [0.2, 0.25) is 0 Å². The van der Waals surface area contributed by atoms with Crippen molar-refractivity contribution in [2.45, 2.75) is 19.4 Å². The van der Waals surface area contributed by atoms with Crippen LogP contribution in [0.5, 0.6) is 0 Å². The summed E-state index contributed by atoms with van der Waals surface area (Å²) in [6, 6.07) is 5.94. The Balaban J connectivity index is 1.96. The summed E-state index contributed by atoms with van der Waals surface area (Å²) in [4.78, 5) is 27.5. The number of carbonyl (C=O) groups is 2. The van der Waals surface area contributed by atoms with Gasteiger partial charge in [-0.2, -0.15) is 0 Å². The largest absolute Gasteiger partial charge is 0.349 e. The molecule has 22 heavy (non-hydrogen) atoms. The molecule has 114 valence electrons. The van der Waals surface area contributed by atoms with Crippen LogP contribution in [-0.4, -0.2) is 22.7 Å². The number of nitrogens with one attached hydrogen (secondary N) is 1. The van der Waals surface area contributed by atoms with E-state index in [9.17, 15) is 18.4 Å². The van der Waals surface area contributed by atoms with Crippen LogP contribution in [0.1, 0.15) is 34.1 Å². The predicted molar refractivity (Wildman–Crippen MR) is 76.5 cm³/mol. The molecule has 0 aliphatic heterocycles. The molecule has 1 N–H and O–H groups in total. The van der Waals surface area contributed by atoms with Gasteiger partial charge in [-0.15, -0.1) is 0 Å². The molecule has 1 amide bonds. The fourth-order valence-electron chi connectivity index (χ4n) is 1.94. The van der Waals surface area contributed by atoms with Crippen LogP contribution in [0.25, 0.3) is 0 Å². The van der Waals surface area contributed by atoms with Gasteiger partial charge in [-0.3, -0.25) is 14.6 Å². The lowest BCUT2D eigenvalue weighted by Gasteiger charge is -2.13. The standard InChI is InChI=1S/C16H14F2N2O2/c1-10(8-15(21)11-2-4-12(17)5-3-11)20-16(22)13-6-7-19-9-14(13)18/h2-7,9-10H,8H2,1H3,(H,20,22). The van der Waals surface area contributed by atoms with Crippen LogP contribution in [-0.2, 0) is 0 Å². The van der Waals surface area contributed by atoms with Gasteiger partial charge in [0.15, 0.2) is 11.6 Å². The van der Waals surface area contributed by atoms with Crippen molar-refractivity contribution in [3.05, 3.63) is 65.5 Å². The number of rotatable bonds is 5. The number of aromatic nitrogens is 1. The molecule has 0 spiro atoms. The van der Waals surface area contributed by atoms with Gasteiger partial charge >= 0.3 is 0 Å². The molecule has 0 aliphatic rings. The molecule has 1 aromatic heterocycles. The Kier molecular flexibility index (Phi) is 4.93.